The molecule has 0 bridgehead atoms. The fraction of sp³-hybridized carbons (Fsp3) is 0.333. The summed E-state index contributed by atoms with van der Waals surface area (Å²) in [6.45, 7) is 5.36. The van der Waals surface area contributed by atoms with E-state index in [0.29, 0.717) is 6.42 Å². The van der Waals surface area contributed by atoms with E-state index in [-0.39, 0.29) is 5.91 Å². The number of nitrogens with zero attached hydrogens (tertiary/aromatic N) is 3. The van der Waals surface area contributed by atoms with Crippen LogP contribution in [0.5, 0.6) is 0 Å². The molecule has 26 heavy (non-hydrogen) atoms. The predicted molar refractivity (Wildman–Crippen MR) is 108 cm³/mol. The fourth-order valence-corrected chi connectivity index (χ4v) is 4.25. The summed E-state index contributed by atoms with van der Waals surface area (Å²) in [5, 5.41) is 3.24. The summed E-state index contributed by atoms with van der Waals surface area (Å²) in [5.74, 6) is 1.32. The molecule has 134 valence electrons. The van der Waals surface area contributed by atoms with Crippen molar-refractivity contribution < 1.29 is 4.79 Å². The molecule has 1 fully saturated rings. The number of aromatic nitrogens is 1. The first-order chi connectivity index (χ1) is 12.7. The summed E-state index contributed by atoms with van der Waals surface area (Å²) >= 11 is 1.72. The highest BCUT2D eigenvalue weighted by molar-refractivity contribution is 7.09. The average Bonchev–Trinajstić information content (AvgIpc) is 3.19. The van der Waals surface area contributed by atoms with Crippen molar-refractivity contribution >= 4 is 34.0 Å². The van der Waals surface area contributed by atoms with Crippen LogP contribution in [0, 0.1) is 6.92 Å². The zero-order valence-corrected chi connectivity index (χ0v) is 15.8. The minimum Gasteiger partial charge on any atom is -0.353 e. The van der Waals surface area contributed by atoms with Crippen LogP contribution in [-0.2, 0) is 11.2 Å². The van der Waals surface area contributed by atoms with Crippen LogP contribution in [0.2, 0.25) is 0 Å². The molecule has 0 N–H and O–H groups in total. The molecule has 0 saturated carbocycles. The van der Waals surface area contributed by atoms with Crippen LogP contribution in [0.1, 0.15) is 16.9 Å². The van der Waals surface area contributed by atoms with E-state index < -0.39 is 0 Å². The first-order valence-electron chi connectivity index (χ1n) is 9.12. The van der Waals surface area contributed by atoms with Gasteiger partial charge in [0.25, 0.3) is 0 Å². The zero-order valence-electron chi connectivity index (χ0n) is 15.0. The Morgan fingerprint density at radius 2 is 1.92 bits per heavy atom. The topological polar surface area (TPSA) is 36.4 Å². The van der Waals surface area contributed by atoms with Gasteiger partial charge in [-0.15, -0.1) is 11.3 Å². The van der Waals surface area contributed by atoms with Crippen LogP contribution >= 0.6 is 11.3 Å². The Kier molecular flexibility index (Phi) is 4.89. The number of anilines is 1. The third kappa shape index (κ3) is 3.58. The number of carbonyl (C=O) groups is 1. The molecule has 1 aliphatic rings. The van der Waals surface area contributed by atoms with E-state index in [9.17, 15) is 4.79 Å². The average molecular weight is 366 g/mol. The molecule has 0 unspecified atom stereocenters. The monoisotopic (exact) mass is 365 g/mol. The second-order valence-corrected chi connectivity index (χ2v) is 7.80. The van der Waals surface area contributed by atoms with Crippen molar-refractivity contribution in [2.45, 2.75) is 19.8 Å². The predicted octanol–water partition coefficient (Wildman–Crippen LogP) is 3.89. The minimum absolute atomic E-state index is 0.265. The van der Waals surface area contributed by atoms with Crippen molar-refractivity contribution in [2.24, 2.45) is 0 Å². The van der Waals surface area contributed by atoms with Crippen LogP contribution in [-0.4, -0.2) is 42.0 Å². The molecule has 3 heterocycles. The zero-order chi connectivity index (χ0) is 17.9. The van der Waals surface area contributed by atoms with E-state index >= 15 is 0 Å². The smallest absolute Gasteiger partial charge is 0.223 e. The summed E-state index contributed by atoms with van der Waals surface area (Å²) in [5.41, 5.74) is 2.23. The third-order valence-corrected chi connectivity index (χ3v) is 5.92. The Morgan fingerprint density at radius 3 is 2.69 bits per heavy atom. The Labute approximate surface area is 158 Å². The maximum Gasteiger partial charge on any atom is 0.223 e. The lowest BCUT2D eigenvalue weighted by molar-refractivity contribution is -0.131. The fourth-order valence-electron chi connectivity index (χ4n) is 3.54. The van der Waals surface area contributed by atoms with E-state index in [1.165, 1.54) is 15.8 Å². The van der Waals surface area contributed by atoms with Gasteiger partial charge in [0.15, 0.2) is 0 Å². The molecule has 0 radical (unpaired) electrons. The number of pyridine rings is 1. The van der Waals surface area contributed by atoms with Crippen molar-refractivity contribution in [1.82, 2.24) is 9.88 Å². The Balaban J connectivity index is 1.39. The molecule has 0 atom stereocenters. The van der Waals surface area contributed by atoms with Crippen LogP contribution in [0.4, 0.5) is 5.82 Å². The van der Waals surface area contributed by atoms with E-state index in [4.69, 9.17) is 4.98 Å². The molecular formula is C21H23N3OS. The molecule has 3 aromatic rings. The molecule has 1 amide bonds. The van der Waals surface area contributed by atoms with Crippen LogP contribution in [0.3, 0.4) is 0 Å². The van der Waals surface area contributed by atoms with Gasteiger partial charge in [-0.2, -0.15) is 0 Å². The summed E-state index contributed by atoms with van der Waals surface area (Å²) in [6, 6.07) is 14.6. The number of fused-ring (bicyclic) bond motifs is 1. The second-order valence-electron chi connectivity index (χ2n) is 6.77. The van der Waals surface area contributed by atoms with Crippen LogP contribution in [0.15, 0.2) is 47.8 Å². The van der Waals surface area contributed by atoms with Gasteiger partial charge in [-0.25, -0.2) is 4.98 Å². The SMILES string of the molecule is Cc1cc2ccccc2nc1N1CCN(C(=O)CCc2cccs2)CC1. The summed E-state index contributed by atoms with van der Waals surface area (Å²) in [6.07, 6.45) is 1.45. The number of amides is 1. The number of benzene rings is 1. The molecule has 5 heteroatoms. The van der Waals surface area contributed by atoms with E-state index in [1.54, 1.807) is 11.3 Å². The molecule has 1 aromatic carbocycles. The number of thiophene rings is 1. The van der Waals surface area contributed by atoms with Gasteiger partial charge in [0, 0.05) is 42.9 Å². The van der Waals surface area contributed by atoms with Gasteiger partial charge in [-0.1, -0.05) is 24.3 Å². The van der Waals surface area contributed by atoms with Gasteiger partial charge in [-0.05, 0) is 42.5 Å². The second kappa shape index (κ2) is 7.46. The van der Waals surface area contributed by atoms with Crippen molar-refractivity contribution in [3.8, 4) is 0 Å². The lowest BCUT2D eigenvalue weighted by atomic mass is 10.1. The highest BCUT2D eigenvalue weighted by Gasteiger charge is 2.22. The van der Waals surface area contributed by atoms with Crippen molar-refractivity contribution in [1.29, 1.82) is 0 Å². The molecular weight excluding hydrogens is 342 g/mol. The van der Waals surface area contributed by atoms with Crippen LogP contribution < -0.4 is 4.90 Å². The molecule has 4 nitrogen and oxygen atoms in total. The molecule has 0 spiro atoms. The summed E-state index contributed by atoms with van der Waals surface area (Å²) in [4.78, 5) is 22.9. The van der Waals surface area contributed by atoms with E-state index in [0.717, 1.165) is 43.9 Å². The quantitative estimate of drug-likeness (QED) is 0.704. The van der Waals surface area contributed by atoms with Gasteiger partial charge >= 0.3 is 0 Å². The lowest BCUT2D eigenvalue weighted by Crippen LogP contribution is -2.49. The number of para-hydroxylation sites is 1. The number of hydrogen-bond donors (Lipinski definition) is 0. The van der Waals surface area contributed by atoms with Gasteiger partial charge < -0.3 is 9.80 Å². The molecule has 1 saturated heterocycles. The largest absolute Gasteiger partial charge is 0.353 e. The summed E-state index contributed by atoms with van der Waals surface area (Å²) < 4.78 is 0. The summed E-state index contributed by atoms with van der Waals surface area (Å²) in [7, 11) is 0. The lowest BCUT2D eigenvalue weighted by Gasteiger charge is -2.36. The van der Waals surface area contributed by atoms with Crippen molar-refractivity contribution in [3.63, 3.8) is 0 Å². The molecule has 4 rings (SSSR count). The van der Waals surface area contributed by atoms with Gasteiger partial charge in [0.1, 0.15) is 5.82 Å². The number of hydrogen-bond acceptors (Lipinski definition) is 4. The third-order valence-electron chi connectivity index (χ3n) is 4.99. The van der Waals surface area contributed by atoms with Crippen LogP contribution in [0.25, 0.3) is 10.9 Å². The van der Waals surface area contributed by atoms with Gasteiger partial charge in [-0.3, -0.25) is 4.79 Å². The Morgan fingerprint density at radius 1 is 1.12 bits per heavy atom. The molecule has 2 aromatic heterocycles. The van der Waals surface area contributed by atoms with Gasteiger partial charge in [0.05, 0.1) is 5.52 Å². The first-order valence-corrected chi connectivity index (χ1v) is 10.0. The Bertz CT molecular complexity index is 899. The normalized spacial score (nSPS) is 14.8. The number of rotatable bonds is 4. The standard InChI is InChI=1S/C21H23N3OS/c1-16-15-17-5-2-3-7-19(17)22-21(16)24-12-10-23(11-13-24)20(25)9-8-18-6-4-14-26-18/h2-7,14-15H,8-13H2,1H3. The molecule has 0 aliphatic carbocycles. The number of piperazine rings is 1. The van der Waals surface area contributed by atoms with E-state index in [1.807, 2.05) is 23.1 Å². The maximum atomic E-state index is 12.5. The number of aryl methyl sites for hydroxylation is 2. The van der Waals surface area contributed by atoms with Gasteiger partial charge in [0.2, 0.25) is 5.91 Å². The minimum atomic E-state index is 0.265. The highest BCUT2D eigenvalue weighted by Crippen LogP contribution is 2.24. The first kappa shape index (κ1) is 17.0. The number of carbonyl (C=O) groups excluding carboxylic acids is 1. The van der Waals surface area contributed by atoms with Crippen molar-refractivity contribution in [3.05, 3.63) is 58.3 Å². The molecule has 1 aliphatic heterocycles. The van der Waals surface area contributed by atoms with Crippen molar-refractivity contribution in [2.75, 3.05) is 31.1 Å². The highest BCUT2D eigenvalue weighted by atomic mass is 32.1. The Hall–Kier alpha value is -2.40. The van der Waals surface area contributed by atoms with E-state index in [2.05, 4.69) is 41.5 Å². The maximum absolute atomic E-state index is 12.5.